The molecule has 0 spiro atoms. The van der Waals surface area contributed by atoms with Crippen LogP contribution in [0.15, 0.2) is 47.9 Å². The summed E-state index contributed by atoms with van der Waals surface area (Å²) in [5.41, 5.74) is 6.57. The maximum atomic E-state index is 12.7. The zero-order valence-corrected chi connectivity index (χ0v) is 17.9. The van der Waals surface area contributed by atoms with E-state index < -0.39 is 5.54 Å². The van der Waals surface area contributed by atoms with E-state index >= 15 is 0 Å². The highest BCUT2D eigenvalue weighted by molar-refractivity contribution is 5.98. The molecule has 0 radical (unpaired) electrons. The zero-order chi connectivity index (χ0) is 22.4. The normalized spacial score (nSPS) is 18.9. The van der Waals surface area contributed by atoms with Gasteiger partial charge in [0.2, 0.25) is 11.8 Å². The van der Waals surface area contributed by atoms with Gasteiger partial charge < -0.3 is 10.5 Å². The highest BCUT2D eigenvalue weighted by Gasteiger charge is 2.37. The lowest BCUT2D eigenvalue weighted by Crippen LogP contribution is -2.47. The molecule has 2 aromatic heterocycles. The molecular weight excluding hydrogens is 396 g/mol. The lowest BCUT2D eigenvalue weighted by atomic mass is 9.90. The molecule has 2 N–H and O–H groups in total. The number of hydrogen-bond acceptors (Lipinski definition) is 8. The van der Waals surface area contributed by atoms with Gasteiger partial charge in [0, 0.05) is 19.7 Å². The van der Waals surface area contributed by atoms with Crippen molar-refractivity contribution < 1.29 is 14.3 Å². The fourth-order valence-corrected chi connectivity index (χ4v) is 3.11. The second-order valence-corrected chi connectivity index (χ2v) is 7.45. The van der Waals surface area contributed by atoms with E-state index in [4.69, 9.17) is 10.5 Å². The van der Waals surface area contributed by atoms with Gasteiger partial charge >= 0.3 is 0 Å². The van der Waals surface area contributed by atoms with E-state index in [1.54, 1.807) is 32.3 Å². The number of aromatic nitrogens is 3. The molecule has 0 fully saturated rings. The van der Waals surface area contributed by atoms with Crippen molar-refractivity contribution in [1.29, 1.82) is 0 Å². The molecule has 1 amide bonds. The van der Waals surface area contributed by atoms with Gasteiger partial charge in [-0.2, -0.15) is 0 Å². The number of carbonyl (C=O) groups excluding carboxylic acids is 2. The molecule has 0 aromatic carbocycles. The van der Waals surface area contributed by atoms with E-state index in [1.165, 1.54) is 17.3 Å². The number of ether oxygens (including phenoxy) is 1. The summed E-state index contributed by atoms with van der Waals surface area (Å²) in [6.45, 7) is 4.25. The largest absolute Gasteiger partial charge is 0.472 e. The minimum absolute atomic E-state index is 0.118. The van der Waals surface area contributed by atoms with Gasteiger partial charge in [0.05, 0.1) is 24.5 Å². The summed E-state index contributed by atoms with van der Waals surface area (Å²) in [5, 5.41) is 0. The molecule has 162 valence electrons. The number of allylic oxidation sites excluding steroid dienone is 1. The fraction of sp³-hybridized carbons (Fsp3) is 0.364. The Morgan fingerprint density at radius 1 is 1.29 bits per heavy atom. The standard InChI is InChI=1S/C22H26N6O3/c1-4-5-6-9-31-19-14-25-16(13-26-19)17(29)10-15-7-8-24-18(11-15)22(2)12-20(30)28(3)21(23)27-22/h5-8,11,13-14H,4,9-10,12H2,1-3H3,(H2,23,27)/b6-5-. The Labute approximate surface area is 181 Å². The molecule has 0 aliphatic carbocycles. The third kappa shape index (κ3) is 5.30. The number of amides is 1. The molecule has 0 bridgehead atoms. The summed E-state index contributed by atoms with van der Waals surface area (Å²) in [6, 6.07) is 3.53. The van der Waals surface area contributed by atoms with Crippen molar-refractivity contribution in [1.82, 2.24) is 19.9 Å². The van der Waals surface area contributed by atoms with E-state index in [0.717, 1.165) is 12.0 Å². The summed E-state index contributed by atoms with van der Waals surface area (Å²) in [4.78, 5) is 43.3. The van der Waals surface area contributed by atoms with Crippen LogP contribution in [-0.2, 0) is 16.8 Å². The van der Waals surface area contributed by atoms with E-state index in [0.29, 0.717) is 18.2 Å². The Bertz CT molecular complexity index is 1020. The minimum atomic E-state index is -0.877. The Morgan fingerprint density at radius 2 is 2.10 bits per heavy atom. The van der Waals surface area contributed by atoms with Crippen LogP contribution < -0.4 is 10.5 Å². The number of ketones is 1. The molecule has 3 rings (SSSR count). The molecule has 0 saturated heterocycles. The van der Waals surface area contributed by atoms with Gasteiger partial charge in [0.15, 0.2) is 11.7 Å². The van der Waals surface area contributed by atoms with Crippen molar-refractivity contribution in [3.05, 3.63) is 59.8 Å². The first kappa shape index (κ1) is 22.1. The number of pyridine rings is 1. The summed E-state index contributed by atoms with van der Waals surface area (Å²) in [7, 11) is 1.59. The average Bonchev–Trinajstić information content (AvgIpc) is 2.75. The van der Waals surface area contributed by atoms with Crippen molar-refractivity contribution in [3.63, 3.8) is 0 Å². The van der Waals surface area contributed by atoms with Crippen LogP contribution in [0.5, 0.6) is 5.88 Å². The lowest BCUT2D eigenvalue weighted by Gasteiger charge is -2.32. The fourth-order valence-electron chi connectivity index (χ4n) is 3.11. The molecule has 2 aromatic rings. The van der Waals surface area contributed by atoms with Crippen LogP contribution in [-0.4, -0.2) is 51.2 Å². The maximum absolute atomic E-state index is 12.7. The third-order valence-electron chi connectivity index (χ3n) is 4.96. The van der Waals surface area contributed by atoms with Crippen molar-refractivity contribution in [2.24, 2.45) is 10.7 Å². The zero-order valence-electron chi connectivity index (χ0n) is 17.9. The molecule has 1 aliphatic rings. The van der Waals surface area contributed by atoms with Gasteiger partial charge in [-0.15, -0.1) is 0 Å². The molecule has 9 nitrogen and oxygen atoms in total. The molecule has 1 unspecified atom stereocenters. The van der Waals surface area contributed by atoms with Crippen molar-refractivity contribution >= 4 is 17.6 Å². The van der Waals surface area contributed by atoms with E-state index in [9.17, 15) is 9.59 Å². The highest BCUT2D eigenvalue weighted by Crippen LogP contribution is 2.31. The predicted molar refractivity (Wildman–Crippen MR) is 116 cm³/mol. The number of nitrogens with zero attached hydrogens (tertiary/aromatic N) is 5. The second-order valence-electron chi connectivity index (χ2n) is 7.45. The molecular formula is C22H26N6O3. The van der Waals surface area contributed by atoms with E-state index in [-0.39, 0.29) is 36.2 Å². The molecule has 1 aliphatic heterocycles. The number of guanidine groups is 1. The summed E-state index contributed by atoms with van der Waals surface area (Å²) in [5.74, 6) is 0.180. The maximum Gasteiger partial charge on any atom is 0.232 e. The van der Waals surface area contributed by atoms with Crippen molar-refractivity contribution in [2.75, 3.05) is 13.7 Å². The Kier molecular flexibility index (Phi) is 6.74. The van der Waals surface area contributed by atoms with Crippen LogP contribution in [0, 0.1) is 0 Å². The quantitative estimate of drug-likeness (QED) is 0.510. The van der Waals surface area contributed by atoms with Crippen LogP contribution in [0.2, 0.25) is 0 Å². The second kappa shape index (κ2) is 9.46. The van der Waals surface area contributed by atoms with Gasteiger partial charge in [-0.05, 0) is 31.0 Å². The molecule has 31 heavy (non-hydrogen) atoms. The first-order valence-corrected chi connectivity index (χ1v) is 10.0. The van der Waals surface area contributed by atoms with Crippen LogP contribution in [0.25, 0.3) is 0 Å². The Morgan fingerprint density at radius 3 is 2.77 bits per heavy atom. The van der Waals surface area contributed by atoms with E-state index in [2.05, 4.69) is 19.9 Å². The van der Waals surface area contributed by atoms with Crippen LogP contribution in [0.4, 0.5) is 0 Å². The van der Waals surface area contributed by atoms with Crippen molar-refractivity contribution in [3.8, 4) is 5.88 Å². The minimum Gasteiger partial charge on any atom is -0.472 e. The summed E-state index contributed by atoms with van der Waals surface area (Å²) < 4.78 is 5.45. The van der Waals surface area contributed by atoms with Gasteiger partial charge in [-0.25, -0.2) is 15.0 Å². The topological polar surface area (TPSA) is 124 Å². The first-order chi connectivity index (χ1) is 14.8. The van der Waals surface area contributed by atoms with Gasteiger partial charge in [0.25, 0.3) is 0 Å². The molecule has 9 heteroatoms. The monoisotopic (exact) mass is 422 g/mol. The molecule has 1 atom stereocenters. The number of rotatable bonds is 8. The Balaban J connectivity index is 1.70. The Hall–Kier alpha value is -3.62. The van der Waals surface area contributed by atoms with Crippen LogP contribution >= 0.6 is 0 Å². The first-order valence-electron chi connectivity index (χ1n) is 10.0. The van der Waals surface area contributed by atoms with Crippen LogP contribution in [0.1, 0.15) is 48.4 Å². The number of aliphatic imine (C=N–C) groups is 1. The molecule has 3 heterocycles. The lowest BCUT2D eigenvalue weighted by molar-refractivity contribution is -0.128. The van der Waals surface area contributed by atoms with E-state index in [1.807, 2.05) is 19.1 Å². The average molecular weight is 422 g/mol. The number of Topliss-reactive ketones (excluding diaryl/α,β-unsaturated/α-hetero) is 1. The summed E-state index contributed by atoms with van der Waals surface area (Å²) in [6.07, 6.45) is 9.55. The van der Waals surface area contributed by atoms with Gasteiger partial charge in [0.1, 0.15) is 17.8 Å². The van der Waals surface area contributed by atoms with Gasteiger partial charge in [-0.1, -0.05) is 19.1 Å². The smallest absolute Gasteiger partial charge is 0.232 e. The summed E-state index contributed by atoms with van der Waals surface area (Å²) >= 11 is 0. The predicted octanol–water partition coefficient (Wildman–Crippen LogP) is 2.03. The van der Waals surface area contributed by atoms with Crippen LogP contribution in [0.3, 0.4) is 0 Å². The molecule has 0 saturated carbocycles. The van der Waals surface area contributed by atoms with Crippen molar-refractivity contribution in [2.45, 2.75) is 38.6 Å². The number of nitrogens with two attached hydrogens (primary N) is 1. The highest BCUT2D eigenvalue weighted by atomic mass is 16.5. The third-order valence-corrected chi connectivity index (χ3v) is 4.96. The van der Waals surface area contributed by atoms with Gasteiger partial charge in [-0.3, -0.25) is 19.5 Å². The SMILES string of the molecule is CC/C=C\COc1cnc(C(=O)Cc2ccnc(C3(C)CC(=O)N(C)C(N)=N3)c2)cn1. The number of carbonyl (C=O) groups is 2. The number of hydrogen-bond donors (Lipinski definition) is 1.